The quantitative estimate of drug-likeness (QED) is 0.294. The van der Waals surface area contributed by atoms with Gasteiger partial charge < -0.3 is 0 Å². The first-order valence-corrected chi connectivity index (χ1v) is 5.11. The molecule has 0 aliphatic carbocycles. The summed E-state index contributed by atoms with van der Waals surface area (Å²) in [4.78, 5) is 12.4. The number of carbonyl (C=O) groups excluding carboxylic acids is 1. The fourth-order valence-corrected chi connectivity index (χ4v) is 1.08. The van der Waals surface area contributed by atoms with Gasteiger partial charge in [0.15, 0.2) is 0 Å². The molecule has 0 saturated heterocycles. The molecule has 41 valence electrons. The highest BCUT2D eigenvalue weighted by atomic mass is 127. The Morgan fingerprint density at radius 3 is 2.14 bits per heavy atom. The lowest BCUT2D eigenvalue weighted by atomic mass is 10.4. The van der Waals surface area contributed by atoms with Crippen molar-refractivity contribution < 1.29 is 4.79 Å². The molecule has 0 aromatic rings. The standard InChI is InChI=1S/C5H8IO/c1-4(2)5(7)6-3/h1H2,2-3H3. The van der Waals surface area contributed by atoms with Crippen LogP contribution in [0.2, 0.25) is 0 Å². The van der Waals surface area contributed by atoms with Gasteiger partial charge in [-0.25, -0.2) is 0 Å². The number of carbonyl (C=O) groups is 1. The van der Waals surface area contributed by atoms with Crippen molar-refractivity contribution in [3.63, 3.8) is 0 Å². The molecular formula is C5H8IO. The fraction of sp³-hybridized carbons (Fsp3) is 0.400. The van der Waals surface area contributed by atoms with Gasteiger partial charge in [0.1, 0.15) is 0 Å². The van der Waals surface area contributed by atoms with Crippen molar-refractivity contribution in [1.29, 1.82) is 0 Å². The van der Waals surface area contributed by atoms with E-state index in [4.69, 9.17) is 0 Å². The van der Waals surface area contributed by atoms with Gasteiger partial charge in [0.25, 0.3) is 0 Å². The summed E-state index contributed by atoms with van der Waals surface area (Å²) in [6, 6.07) is 0. The Kier molecular flexibility index (Phi) is 3.25. The number of hydrogen-bond donors (Lipinski definition) is 0. The Morgan fingerprint density at radius 1 is 1.71 bits per heavy atom. The SMILES string of the molecule is C=C(C)C(=O)[I]C. The second kappa shape index (κ2) is 3.18. The van der Waals surface area contributed by atoms with E-state index in [0.717, 1.165) is 0 Å². The van der Waals surface area contributed by atoms with Crippen LogP contribution in [0.5, 0.6) is 0 Å². The summed E-state index contributed by atoms with van der Waals surface area (Å²) >= 11 is -0.234. The Balaban J connectivity index is 3.58. The van der Waals surface area contributed by atoms with Crippen molar-refractivity contribution in [1.82, 2.24) is 0 Å². The zero-order valence-electron chi connectivity index (χ0n) is 4.49. The van der Waals surface area contributed by atoms with Crippen LogP contribution in [0.15, 0.2) is 12.2 Å². The number of halogens is 1. The molecule has 7 heavy (non-hydrogen) atoms. The largest absolute Gasteiger partial charge is 0.283 e. The summed E-state index contributed by atoms with van der Waals surface area (Å²) in [6.45, 7) is 5.26. The Morgan fingerprint density at radius 2 is 2.14 bits per heavy atom. The summed E-state index contributed by atoms with van der Waals surface area (Å²) < 4.78 is 0.263. The number of rotatable bonds is 2. The molecule has 0 aromatic carbocycles. The summed E-state index contributed by atoms with van der Waals surface area (Å²) in [6.07, 6.45) is 0. The van der Waals surface area contributed by atoms with Gasteiger partial charge in [-0.3, -0.25) is 4.79 Å². The molecule has 0 amide bonds. The average Bonchev–Trinajstić information content (AvgIpc) is 1.65. The molecule has 0 heterocycles. The molecule has 0 atom stereocenters. The molecule has 1 nitrogen and oxygen atoms in total. The average molecular weight is 211 g/mol. The van der Waals surface area contributed by atoms with Crippen LogP contribution in [0.3, 0.4) is 0 Å². The highest BCUT2D eigenvalue weighted by Gasteiger charge is 1.94. The summed E-state index contributed by atoms with van der Waals surface area (Å²) in [5, 5.41) is 0. The Bertz CT molecular complexity index is 96.3. The number of hydrogen-bond acceptors (Lipinski definition) is 1. The van der Waals surface area contributed by atoms with E-state index in [9.17, 15) is 4.79 Å². The van der Waals surface area contributed by atoms with Crippen LogP contribution in [-0.4, -0.2) is 8.72 Å². The molecule has 0 spiro atoms. The first kappa shape index (κ1) is 7.14. The van der Waals surface area contributed by atoms with Gasteiger partial charge in [-0.15, -0.1) is 0 Å². The summed E-state index contributed by atoms with van der Waals surface area (Å²) in [7, 11) is 0. The van der Waals surface area contributed by atoms with Crippen LogP contribution < -0.4 is 0 Å². The highest BCUT2D eigenvalue weighted by Crippen LogP contribution is 2.10. The molecule has 0 unspecified atom stereocenters. The molecule has 1 radical (unpaired) electrons. The summed E-state index contributed by atoms with van der Waals surface area (Å²) in [5.74, 6) is 0. The molecular weight excluding hydrogens is 203 g/mol. The molecule has 0 aliphatic heterocycles. The van der Waals surface area contributed by atoms with Gasteiger partial charge in [0, 0.05) is 0 Å². The van der Waals surface area contributed by atoms with Gasteiger partial charge in [0.2, 0.25) is 3.79 Å². The number of alkyl halides is 1. The molecule has 0 rings (SSSR count). The predicted octanol–water partition coefficient (Wildman–Crippen LogP) is 1.69. The number of allylic oxidation sites excluding steroid dienone is 1. The van der Waals surface area contributed by atoms with Crippen molar-refractivity contribution in [2.75, 3.05) is 4.93 Å². The lowest BCUT2D eigenvalue weighted by molar-refractivity contribution is -0.106. The van der Waals surface area contributed by atoms with Crippen molar-refractivity contribution in [2.24, 2.45) is 0 Å². The molecule has 0 aliphatic rings. The Hall–Kier alpha value is 0.140. The molecule has 0 bridgehead atoms. The predicted molar refractivity (Wildman–Crippen MR) is 39.8 cm³/mol. The maximum absolute atomic E-state index is 10.5. The van der Waals surface area contributed by atoms with E-state index in [-0.39, 0.29) is 25.0 Å². The van der Waals surface area contributed by atoms with Crippen molar-refractivity contribution in [3.05, 3.63) is 12.2 Å². The first-order chi connectivity index (χ1) is 3.18. The first-order valence-electron chi connectivity index (χ1n) is 1.87. The van der Waals surface area contributed by atoms with E-state index in [0.29, 0.717) is 5.57 Å². The van der Waals surface area contributed by atoms with Crippen LogP contribution in [0.1, 0.15) is 6.92 Å². The maximum atomic E-state index is 10.5. The summed E-state index contributed by atoms with van der Waals surface area (Å²) in [5.41, 5.74) is 0.704. The zero-order valence-corrected chi connectivity index (χ0v) is 6.65. The van der Waals surface area contributed by atoms with Crippen LogP contribution in [-0.2, 0) is 4.79 Å². The van der Waals surface area contributed by atoms with Crippen molar-refractivity contribution >= 4 is 25.0 Å². The second-order valence-corrected chi connectivity index (χ2v) is 3.30. The van der Waals surface area contributed by atoms with Crippen LogP contribution in [0.25, 0.3) is 0 Å². The third kappa shape index (κ3) is 2.79. The minimum absolute atomic E-state index is 0.234. The topological polar surface area (TPSA) is 17.1 Å². The van der Waals surface area contributed by atoms with Gasteiger partial charge in [-0.2, -0.15) is 0 Å². The van der Waals surface area contributed by atoms with Crippen LogP contribution in [0, 0.1) is 0 Å². The second-order valence-electron chi connectivity index (χ2n) is 1.24. The van der Waals surface area contributed by atoms with E-state index in [2.05, 4.69) is 6.58 Å². The molecule has 2 heteroatoms. The third-order valence-corrected chi connectivity index (χ3v) is 2.41. The van der Waals surface area contributed by atoms with Crippen molar-refractivity contribution in [2.45, 2.75) is 6.92 Å². The smallest absolute Gasteiger partial charge is 0.207 e. The third-order valence-electron chi connectivity index (χ3n) is 0.507. The normalized spacial score (nSPS) is 8.29. The van der Waals surface area contributed by atoms with Gasteiger partial charge >= 0.3 is 0 Å². The van der Waals surface area contributed by atoms with E-state index in [1.165, 1.54) is 0 Å². The van der Waals surface area contributed by atoms with E-state index < -0.39 is 0 Å². The van der Waals surface area contributed by atoms with Gasteiger partial charge in [-0.1, -0.05) is 27.8 Å². The monoisotopic (exact) mass is 211 g/mol. The molecule has 0 fully saturated rings. The molecule has 0 N–H and O–H groups in total. The molecule has 0 saturated carbocycles. The maximum Gasteiger partial charge on any atom is 0.207 e. The minimum Gasteiger partial charge on any atom is -0.283 e. The van der Waals surface area contributed by atoms with Gasteiger partial charge in [0.05, 0.1) is 0 Å². The molecule has 0 aromatic heterocycles. The van der Waals surface area contributed by atoms with Gasteiger partial charge in [-0.05, 0) is 17.4 Å². The van der Waals surface area contributed by atoms with E-state index in [1.54, 1.807) is 6.92 Å². The fourth-order valence-electron chi connectivity index (χ4n) is 0.161. The highest BCUT2D eigenvalue weighted by molar-refractivity contribution is 14.2. The minimum atomic E-state index is -0.234. The lowest BCUT2D eigenvalue weighted by Gasteiger charge is -1.87. The zero-order chi connectivity index (χ0) is 5.86. The van der Waals surface area contributed by atoms with Crippen LogP contribution in [0.4, 0.5) is 0 Å². The van der Waals surface area contributed by atoms with Crippen molar-refractivity contribution in [3.8, 4) is 0 Å². The lowest BCUT2D eigenvalue weighted by Crippen LogP contribution is -1.84. The van der Waals surface area contributed by atoms with E-state index >= 15 is 0 Å². The Labute approximate surface area is 54.1 Å². The van der Waals surface area contributed by atoms with E-state index in [1.807, 2.05) is 4.93 Å². The van der Waals surface area contributed by atoms with Crippen LogP contribution >= 0.6 is 21.2 Å².